The summed E-state index contributed by atoms with van der Waals surface area (Å²) in [5.74, 6) is -5.11. The average Bonchev–Trinajstić information content (AvgIpc) is 3.11. The highest BCUT2D eigenvalue weighted by Crippen LogP contribution is 2.44. The molecule has 0 bridgehead atoms. The molecular formula is C36H39N4O8P. The maximum Gasteiger partial charge on any atom is 0.305 e. The lowest BCUT2D eigenvalue weighted by Crippen LogP contribution is -2.59. The number of carboxylic acid groups (broad SMARTS) is 1. The third-order valence-electron chi connectivity index (χ3n) is 7.88. The Morgan fingerprint density at radius 3 is 1.92 bits per heavy atom. The van der Waals surface area contributed by atoms with Crippen molar-refractivity contribution in [1.29, 1.82) is 0 Å². The van der Waals surface area contributed by atoms with Crippen molar-refractivity contribution in [2.24, 2.45) is 11.7 Å². The van der Waals surface area contributed by atoms with Gasteiger partial charge in [0.1, 0.15) is 12.6 Å². The van der Waals surface area contributed by atoms with Gasteiger partial charge in [0, 0.05) is 16.2 Å². The van der Waals surface area contributed by atoms with Crippen LogP contribution in [0.25, 0.3) is 10.8 Å². The second-order valence-electron chi connectivity index (χ2n) is 11.7. The van der Waals surface area contributed by atoms with E-state index in [1.165, 1.54) is 13.0 Å². The Labute approximate surface area is 284 Å². The third kappa shape index (κ3) is 8.85. The number of hydrogen-bond acceptors (Lipinski definition) is 8. The van der Waals surface area contributed by atoms with Crippen LogP contribution in [0.5, 0.6) is 0 Å². The van der Waals surface area contributed by atoms with Crippen LogP contribution in [-0.2, 0) is 28.3 Å². The number of carboxylic acids is 1. The van der Waals surface area contributed by atoms with Gasteiger partial charge in [0.05, 0.1) is 19.0 Å². The highest BCUT2D eigenvalue weighted by molar-refractivity contribution is 7.74. The number of nitrogens with two attached hydrogens (primary N) is 1. The van der Waals surface area contributed by atoms with Crippen molar-refractivity contribution in [2.75, 3.05) is 13.2 Å². The minimum Gasteiger partial charge on any atom is -0.481 e. The van der Waals surface area contributed by atoms with Gasteiger partial charge < -0.3 is 15.4 Å². The monoisotopic (exact) mass is 686 g/mol. The molecule has 0 saturated heterocycles. The molecule has 0 spiro atoms. The van der Waals surface area contributed by atoms with Crippen LogP contribution in [0.15, 0.2) is 103 Å². The van der Waals surface area contributed by atoms with Gasteiger partial charge in [-0.2, -0.15) is 0 Å². The van der Waals surface area contributed by atoms with E-state index < -0.39 is 68.6 Å². The molecule has 4 rings (SSSR count). The Morgan fingerprint density at radius 1 is 0.816 bits per heavy atom. The Kier molecular flexibility index (Phi) is 12.2. The zero-order valence-corrected chi connectivity index (χ0v) is 28.3. The predicted molar refractivity (Wildman–Crippen MR) is 185 cm³/mol. The second-order valence-corrected chi connectivity index (χ2v) is 14.1. The Hall–Kier alpha value is -5.16. The van der Waals surface area contributed by atoms with Crippen molar-refractivity contribution < 1.29 is 38.2 Å². The van der Waals surface area contributed by atoms with Crippen LogP contribution in [0, 0.1) is 5.92 Å². The van der Waals surface area contributed by atoms with Crippen molar-refractivity contribution in [1.82, 2.24) is 15.3 Å². The molecule has 0 radical (unpaired) electrons. The fraction of sp³-hybridized carbons (Fsp3) is 0.250. The lowest BCUT2D eigenvalue weighted by Gasteiger charge is -2.32. The summed E-state index contributed by atoms with van der Waals surface area (Å²) in [7, 11) is -3.81. The molecule has 4 N–H and O–H groups in total. The number of carbonyl (C=O) groups excluding carboxylic acids is 4. The number of aliphatic carboxylic acids is 1. The van der Waals surface area contributed by atoms with E-state index in [1.54, 1.807) is 98.8 Å². The maximum absolute atomic E-state index is 14.2. The highest BCUT2D eigenvalue weighted by Gasteiger charge is 2.37. The molecule has 4 amide bonds. The molecule has 13 heteroatoms. The summed E-state index contributed by atoms with van der Waals surface area (Å²) >= 11 is 0. The van der Waals surface area contributed by atoms with Gasteiger partial charge in [-0.25, -0.2) is 0 Å². The molecule has 12 nitrogen and oxygen atoms in total. The minimum atomic E-state index is -3.81. The number of hydrazine groups is 1. The summed E-state index contributed by atoms with van der Waals surface area (Å²) in [6.07, 6.45) is -0.563. The molecule has 0 aliphatic rings. The zero-order chi connectivity index (χ0) is 35.7. The summed E-state index contributed by atoms with van der Waals surface area (Å²) in [5.41, 5.74) is 8.65. The van der Waals surface area contributed by atoms with Gasteiger partial charge in [0.25, 0.3) is 25.1 Å². The van der Waals surface area contributed by atoms with Gasteiger partial charge in [-0.1, -0.05) is 80.6 Å². The first-order valence-electron chi connectivity index (χ1n) is 15.6. The standard InChI is InChI=1S/C36H39N4O8P/c1-24(2)33(37)36(46)40(35(45)28-19-18-26-12-10-11-13-27(26)22-28)25(3)34(44)38-39(21-20-32(42)43)31(41)23-48-49(47,29-14-6-4-7-15-29)30-16-8-5-9-17-30/h4-19,22,24-25,33H,20-21,23,37H2,1-3H3,(H,38,44)(H,42,43)/t25-,33-/m0/s1. The molecule has 49 heavy (non-hydrogen) atoms. The molecule has 0 aromatic heterocycles. The third-order valence-corrected chi connectivity index (χ3v) is 10.3. The molecule has 0 aliphatic carbocycles. The van der Waals surface area contributed by atoms with E-state index in [1.807, 2.05) is 12.1 Å². The first-order valence-corrected chi connectivity index (χ1v) is 17.3. The van der Waals surface area contributed by atoms with Gasteiger partial charge in [0.15, 0.2) is 0 Å². The first kappa shape index (κ1) is 36.7. The van der Waals surface area contributed by atoms with E-state index in [0.29, 0.717) is 10.6 Å². The molecule has 0 fully saturated rings. The van der Waals surface area contributed by atoms with Crippen molar-refractivity contribution in [3.8, 4) is 0 Å². The van der Waals surface area contributed by atoms with E-state index in [4.69, 9.17) is 10.3 Å². The van der Waals surface area contributed by atoms with Gasteiger partial charge in [-0.3, -0.25) is 43.9 Å². The summed E-state index contributed by atoms with van der Waals surface area (Å²) in [4.78, 5) is 66.9. The number of benzene rings is 4. The van der Waals surface area contributed by atoms with Crippen LogP contribution in [-0.4, -0.2) is 69.8 Å². The van der Waals surface area contributed by atoms with Crippen LogP contribution < -0.4 is 21.8 Å². The van der Waals surface area contributed by atoms with E-state index in [2.05, 4.69) is 5.43 Å². The average molecular weight is 687 g/mol. The van der Waals surface area contributed by atoms with Crippen LogP contribution in [0.4, 0.5) is 0 Å². The molecule has 0 saturated carbocycles. The fourth-order valence-electron chi connectivity index (χ4n) is 4.94. The largest absolute Gasteiger partial charge is 0.481 e. The number of nitrogens with one attached hydrogen (secondary N) is 1. The van der Waals surface area contributed by atoms with Crippen molar-refractivity contribution >= 4 is 58.3 Å². The van der Waals surface area contributed by atoms with Gasteiger partial charge >= 0.3 is 5.97 Å². The molecule has 4 aromatic carbocycles. The number of carbonyl (C=O) groups is 5. The van der Waals surface area contributed by atoms with E-state index in [0.717, 1.165) is 20.7 Å². The molecule has 2 atom stereocenters. The Balaban J connectivity index is 1.60. The van der Waals surface area contributed by atoms with Crippen molar-refractivity contribution in [2.45, 2.75) is 39.3 Å². The smallest absolute Gasteiger partial charge is 0.305 e. The maximum atomic E-state index is 14.2. The molecule has 0 heterocycles. The Bertz CT molecular complexity index is 1830. The minimum absolute atomic E-state index is 0.132. The lowest BCUT2D eigenvalue weighted by atomic mass is 10.0. The second kappa shape index (κ2) is 16.3. The van der Waals surface area contributed by atoms with Crippen LogP contribution in [0.3, 0.4) is 0 Å². The van der Waals surface area contributed by atoms with E-state index >= 15 is 0 Å². The topological polar surface area (TPSA) is 176 Å². The lowest BCUT2D eigenvalue weighted by molar-refractivity contribution is -0.148. The number of fused-ring (bicyclic) bond motifs is 1. The summed E-state index contributed by atoms with van der Waals surface area (Å²) in [6.45, 7) is 3.40. The van der Waals surface area contributed by atoms with Gasteiger partial charge in [-0.05, 0) is 60.0 Å². The summed E-state index contributed by atoms with van der Waals surface area (Å²) in [6, 6.07) is 26.1. The number of hydrogen-bond donors (Lipinski definition) is 3. The van der Waals surface area contributed by atoms with Crippen LogP contribution in [0.2, 0.25) is 0 Å². The van der Waals surface area contributed by atoms with Crippen molar-refractivity contribution in [3.63, 3.8) is 0 Å². The van der Waals surface area contributed by atoms with E-state index in [-0.39, 0.29) is 11.5 Å². The SMILES string of the molecule is CC(C)[C@H](N)C(=O)N(C(=O)c1ccc2ccccc2c1)[C@@H](C)C(=O)NN(CCC(=O)O)C(=O)COP(=O)(c1ccccc1)c1ccccc1. The van der Waals surface area contributed by atoms with Gasteiger partial charge in [-0.15, -0.1) is 0 Å². The van der Waals surface area contributed by atoms with Crippen LogP contribution >= 0.6 is 7.37 Å². The normalized spacial score (nSPS) is 12.6. The number of rotatable bonds is 13. The van der Waals surface area contributed by atoms with E-state index in [9.17, 15) is 33.6 Å². The summed E-state index contributed by atoms with van der Waals surface area (Å²) < 4.78 is 20.0. The first-order chi connectivity index (χ1) is 23.3. The molecule has 0 aliphatic heterocycles. The number of amides is 4. The molecule has 0 unspecified atom stereocenters. The van der Waals surface area contributed by atoms with Crippen molar-refractivity contribution in [3.05, 3.63) is 109 Å². The quantitative estimate of drug-likeness (QED) is 0.140. The Morgan fingerprint density at radius 2 is 1.37 bits per heavy atom. The molecular weight excluding hydrogens is 647 g/mol. The number of imide groups is 1. The zero-order valence-electron chi connectivity index (χ0n) is 27.4. The highest BCUT2D eigenvalue weighted by atomic mass is 31.2. The fourth-order valence-corrected chi connectivity index (χ4v) is 6.96. The number of nitrogens with zero attached hydrogens (tertiary/aromatic N) is 2. The van der Waals surface area contributed by atoms with Gasteiger partial charge in [0.2, 0.25) is 5.91 Å². The molecule has 256 valence electrons. The summed E-state index contributed by atoms with van der Waals surface area (Å²) in [5, 5.41) is 12.3. The predicted octanol–water partition coefficient (Wildman–Crippen LogP) is 3.46. The molecule has 4 aromatic rings. The van der Waals surface area contributed by atoms with Crippen LogP contribution in [0.1, 0.15) is 37.6 Å².